The van der Waals surface area contributed by atoms with E-state index in [2.05, 4.69) is 33.9 Å². The molecule has 0 fully saturated rings. The van der Waals surface area contributed by atoms with Crippen LogP contribution in [0.25, 0.3) is 0 Å². The van der Waals surface area contributed by atoms with Crippen molar-refractivity contribution in [1.82, 2.24) is 0 Å². The van der Waals surface area contributed by atoms with Gasteiger partial charge >= 0.3 is 0 Å². The minimum atomic E-state index is -1.93. The first-order valence-corrected chi connectivity index (χ1v) is 10.4. The lowest BCUT2D eigenvalue weighted by Gasteiger charge is -2.39. The van der Waals surface area contributed by atoms with E-state index in [0.29, 0.717) is 5.56 Å². The highest BCUT2D eigenvalue weighted by Crippen LogP contribution is 2.37. The number of hydrogen-bond donors (Lipinski definition) is 1. The van der Waals surface area contributed by atoms with E-state index in [1.54, 1.807) is 12.1 Å². The van der Waals surface area contributed by atoms with E-state index in [1.807, 2.05) is 25.1 Å². The average Bonchev–Trinajstić information content (AvgIpc) is 2.37. The summed E-state index contributed by atoms with van der Waals surface area (Å²) in [6.07, 6.45) is -1.01. The van der Waals surface area contributed by atoms with Crippen molar-refractivity contribution in [2.75, 3.05) is 0 Å². The van der Waals surface area contributed by atoms with Crippen LogP contribution in [0.2, 0.25) is 18.1 Å². The Morgan fingerprint density at radius 2 is 1.76 bits per heavy atom. The SMILES string of the molecule is C[C@H](O[Si](C)(C)C(C)(C)C)[C@@H](O)CC(=O)c1ccccc1. The Bertz CT molecular complexity index is 463. The zero-order valence-corrected chi connectivity index (χ0v) is 15.0. The maximum absolute atomic E-state index is 12.1. The van der Waals surface area contributed by atoms with Crippen molar-refractivity contribution < 1.29 is 14.3 Å². The van der Waals surface area contributed by atoms with Gasteiger partial charge in [0.15, 0.2) is 14.1 Å². The van der Waals surface area contributed by atoms with Gasteiger partial charge in [0.05, 0.1) is 12.2 Å². The molecular weight excluding hydrogens is 280 g/mol. The molecule has 1 rings (SSSR count). The van der Waals surface area contributed by atoms with E-state index >= 15 is 0 Å². The molecule has 118 valence electrons. The molecule has 0 aliphatic heterocycles. The van der Waals surface area contributed by atoms with Crippen LogP contribution >= 0.6 is 0 Å². The van der Waals surface area contributed by atoms with Crippen molar-refractivity contribution in [2.45, 2.75) is 64.5 Å². The zero-order chi connectivity index (χ0) is 16.3. The summed E-state index contributed by atoms with van der Waals surface area (Å²) >= 11 is 0. The molecule has 0 saturated heterocycles. The van der Waals surface area contributed by atoms with Crippen molar-refractivity contribution >= 4 is 14.1 Å². The lowest BCUT2D eigenvalue weighted by Crippen LogP contribution is -2.46. The summed E-state index contributed by atoms with van der Waals surface area (Å²) in [4.78, 5) is 12.1. The second-order valence-corrected chi connectivity index (χ2v) is 11.9. The normalized spacial score (nSPS) is 15.6. The van der Waals surface area contributed by atoms with Crippen molar-refractivity contribution in [3.8, 4) is 0 Å². The van der Waals surface area contributed by atoms with E-state index in [4.69, 9.17) is 4.43 Å². The molecular formula is C17H28O3Si. The van der Waals surface area contributed by atoms with Crippen molar-refractivity contribution in [1.29, 1.82) is 0 Å². The Labute approximate surface area is 129 Å². The molecule has 1 aromatic carbocycles. The maximum Gasteiger partial charge on any atom is 0.192 e. The maximum atomic E-state index is 12.1. The molecule has 3 nitrogen and oxygen atoms in total. The molecule has 0 aliphatic carbocycles. The van der Waals surface area contributed by atoms with Gasteiger partial charge in [0.1, 0.15) is 0 Å². The first kappa shape index (κ1) is 18.1. The number of Topliss-reactive ketones (excluding diaryl/α,β-unsaturated/α-hetero) is 1. The van der Waals surface area contributed by atoms with E-state index in [1.165, 1.54) is 0 Å². The summed E-state index contributed by atoms with van der Waals surface area (Å²) < 4.78 is 6.14. The quantitative estimate of drug-likeness (QED) is 0.637. The summed E-state index contributed by atoms with van der Waals surface area (Å²) in [5.41, 5.74) is 0.635. The smallest absolute Gasteiger partial charge is 0.192 e. The first-order chi connectivity index (χ1) is 9.54. The third-order valence-electron chi connectivity index (χ3n) is 4.32. The third-order valence-corrected chi connectivity index (χ3v) is 8.89. The fraction of sp³-hybridized carbons (Fsp3) is 0.588. The minimum Gasteiger partial charge on any atom is -0.412 e. The predicted molar refractivity (Wildman–Crippen MR) is 89.1 cm³/mol. The molecule has 0 unspecified atom stereocenters. The highest BCUT2D eigenvalue weighted by Gasteiger charge is 2.39. The Balaban J connectivity index is 2.63. The van der Waals surface area contributed by atoms with E-state index in [9.17, 15) is 9.90 Å². The fourth-order valence-electron chi connectivity index (χ4n) is 1.82. The van der Waals surface area contributed by atoms with Crippen LogP contribution in [0, 0.1) is 0 Å². The topological polar surface area (TPSA) is 46.5 Å². The summed E-state index contributed by atoms with van der Waals surface area (Å²) in [6.45, 7) is 12.6. The monoisotopic (exact) mass is 308 g/mol. The van der Waals surface area contributed by atoms with Crippen LogP contribution in [-0.2, 0) is 4.43 Å². The zero-order valence-electron chi connectivity index (χ0n) is 14.0. The van der Waals surface area contributed by atoms with Crippen molar-refractivity contribution in [3.63, 3.8) is 0 Å². The molecule has 1 aromatic rings. The Morgan fingerprint density at radius 3 is 2.24 bits per heavy atom. The largest absolute Gasteiger partial charge is 0.412 e. The number of aliphatic hydroxyl groups excluding tert-OH is 1. The highest BCUT2D eigenvalue weighted by molar-refractivity contribution is 6.74. The number of carbonyl (C=O) groups excluding carboxylic acids is 1. The predicted octanol–water partition coefficient (Wildman–Crippen LogP) is 4.03. The first-order valence-electron chi connectivity index (χ1n) is 7.49. The Kier molecular flexibility index (Phi) is 5.90. The second-order valence-electron chi connectivity index (χ2n) is 7.14. The summed E-state index contributed by atoms with van der Waals surface area (Å²) in [5, 5.41) is 10.3. The molecule has 0 aliphatic rings. The molecule has 0 amide bonds. The van der Waals surface area contributed by atoms with Gasteiger partial charge in [-0.3, -0.25) is 4.79 Å². The Morgan fingerprint density at radius 1 is 1.24 bits per heavy atom. The summed E-state index contributed by atoms with van der Waals surface area (Å²) in [5.74, 6) is -0.0474. The van der Waals surface area contributed by atoms with Crippen LogP contribution in [-0.4, -0.2) is 31.4 Å². The number of hydrogen-bond acceptors (Lipinski definition) is 3. The van der Waals surface area contributed by atoms with Crippen LogP contribution in [0.15, 0.2) is 30.3 Å². The van der Waals surface area contributed by atoms with Gasteiger partial charge in [-0.2, -0.15) is 0 Å². The average molecular weight is 308 g/mol. The van der Waals surface area contributed by atoms with Gasteiger partial charge in [0.25, 0.3) is 0 Å². The second kappa shape index (κ2) is 6.86. The lowest BCUT2D eigenvalue weighted by atomic mass is 10.0. The van der Waals surface area contributed by atoms with Crippen LogP contribution < -0.4 is 0 Å². The molecule has 21 heavy (non-hydrogen) atoms. The molecule has 4 heteroatoms. The van der Waals surface area contributed by atoms with E-state index in [-0.39, 0.29) is 23.3 Å². The molecule has 2 atom stereocenters. The van der Waals surface area contributed by atoms with Crippen LogP contribution in [0.4, 0.5) is 0 Å². The molecule has 0 heterocycles. The molecule has 0 aromatic heterocycles. The van der Waals surface area contributed by atoms with Gasteiger partial charge < -0.3 is 9.53 Å². The molecule has 0 radical (unpaired) electrons. The van der Waals surface area contributed by atoms with Gasteiger partial charge in [-0.25, -0.2) is 0 Å². The molecule has 1 N–H and O–H groups in total. The highest BCUT2D eigenvalue weighted by atomic mass is 28.4. The van der Waals surface area contributed by atoms with Crippen LogP contribution in [0.5, 0.6) is 0 Å². The number of ketones is 1. The van der Waals surface area contributed by atoms with Crippen LogP contribution in [0.1, 0.15) is 44.5 Å². The number of carbonyl (C=O) groups is 1. The minimum absolute atomic E-state index is 0.0474. The molecule has 0 spiro atoms. The third kappa shape index (κ3) is 5.06. The van der Waals surface area contributed by atoms with Gasteiger partial charge in [-0.05, 0) is 25.1 Å². The number of rotatable bonds is 6. The lowest BCUT2D eigenvalue weighted by molar-refractivity contribution is 0.0324. The van der Waals surface area contributed by atoms with Gasteiger partial charge in [-0.1, -0.05) is 51.1 Å². The Hall–Kier alpha value is -0.973. The van der Waals surface area contributed by atoms with Crippen LogP contribution in [0.3, 0.4) is 0 Å². The standard InChI is InChI=1S/C17H28O3Si/c1-13(20-21(5,6)17(2,3)4)15(18)12-16(19)14-10-8-7-9-11-14/h7-11,13,15,18H,12H2,1-6H3/t13-,15-/m0/s1. The van der Waals surface area contributed by atoms with E-state index < -0.39 is 14.4 Å². The molecule has 0 saturated carbocycles. The van der Waals surface area contributed by atoms with Gasteiger partial charge in [0, 0.05) is 12.0 Å². The summed E-state index contributed by atoms with van der Waals surface area (Å²) in [6, 6.07) is 9.07. The summed E-state index contributed by atoms with van der Waals surface area (Å²) in [7, 11) is -1.93. The van der Waals surface area contributed by atoms with Gasteiger partial charge in [0.2, 0.25) is 0 Å². The number of benzene rings is 1. The van der Waals surface area contributed by atoms with E-state index in [0.717, 1.165) is 0 Å². The fourth-order valence-corrected chi connectivity index (χ4v) is 3.26. The molecule has 0 bridgehead atoms. The number of aliphatic hydroxyl groups is 1. The van der Waals surface area contributed by atoms with Gasteiger partial charge in [-0.15, -0.1) is 0 Å². The van der Waals surface area contributed by atoms with Crippen molar-refractivity contribution in [2.24, 2.45) is 0 Å². The van der Waals surface area contributed by atoms with Crippen molar-refractivity contribution in [3.05, 3.63) is 35.9 Å².